The SMILES string of the molecule is CC(C)C[C@H](N)C(=O)O.CC(C)C[C@H](NC(=O)OC(C)(C)C)C(=O)O.O. The summed E-state index contributed by atoms with van der Waals surface area (Å²) in [6, 6.07) is -1.58. The van der Waals surface area contributed by atoms with Crippen LogP contribution in [0.1, 0.15) is 61.3 Å². The number of nitrogens with two attached hydrogens (primary N) is 1. The Morgan fingerprint density at radius 2 is 1.38 bits per heavy atom. The molecule has 0 saturated heterocycles. The highest BCUT2D eigenvalue weighted by Gasteiger charge is 2.24. The minimum absolute atomic E-state index is 0. The average molecular weight is 380 g/mol. The molecular formula is C17H36N2O7. The number of rotatable bonds is 7. The van der Waals surface area contributed by atoms with E-state index in [-0.39, 0.29) is 11.4 Å². The Hall–Kier alpha value is -1.87. The number of amides is 1. The van der Waals surface area contributed by atoms with Crippen molar-refractivity contribution in [2.75, 3.05) is 0 Å². The highest BCUT2D eigenvalue weighted by Crippen LogP contribution is 2.09. The Morgan fingerprint density at radius 3 is 1.62 bits per heavy atom. The Kier molecular flexibility index (Phi) is 14.8. The standard InChI is InChI=1S/C11H21NO4.C6H13NO2.H2O/c1-7(2)6-8(9(13)14)12-10(15)16-11(3,4)5;1-4(2)3-5(7)6(8)9;/h7-8H,6H2,1-5H3,(H,12,15)(H,13,14);4-5H,3,7H2,1-2H3,(H,8,9);1H2/t8-;5-;/m00./s1. The van der Waals surface area contributed by atoms with Crippen LogP contribution in [0, 0.1) is 11.8 Å². The second kappa shape index (κ2) is 13.3. The first kappa shape index (κ1) is 28.9. The molecule has 156 valence electrons. The molecule has 9 heteroatoms. The number of alkyl carbamates (subject to hydrolysis) is 1. The van der Waals surface area contributed by atoms with E-state index in [1.165, 1.54) is 0 Å². The van der Waals surface area contributed by atoms with Gasteiger partial charge in [-0.3, -0.25) is 4.79 Å². The molecule has 0 rings (SSSR count). The van der Waals surface area contributed by atoms with Crippen LogP contribution in [0.5, 0.6) is 0 Å². The van der Waals surface area contributed by atoms with Crippen molar-refractivity contribution in [1.29, 1.82) is 0 Å². The van der Waals surface area contributed by atoms with Crippen LogP contribution in [0.25, 0.3) is 0 Å². The molecule has 0 aliphatic carbocycles. The lowest BCUT2D eigenvalue weighted by atomic mass is 10.0. The predicted octanol–water partition coefficient (Wildman–Crippen LogP) is 1.63. The first-order chi connectivity index (χ1) is 11.2. The molecule has 0 spiro atoms. The van der Waals surface area contributed by atoms with Gasteiger partial charge in [0.25, 0.3) is 0 Å². The van der Waals surface area contributed by atoms with E-state index in [1.807, 2.05) is 27.7 Å². The maximum absolute atomic E-state index is 11.4. The van der Waals surface area contributed by atoms with Crippen LogP contribution in [0.4, 0.5) is 4.79 Å². The van der Waals surface area contributed by atoms with E-state index >= 15 is 0 Å². The number of carboxylic acids is 2. The molecule has 0 heterocycles. The van der Waals surface area contributed by atoms with E-state index in [9.17, 15) is 14.4 Å². The normalized spacial score (nSPS) is 13.0. The summed E-state index contributed by atoms with van der Waals surface area (Å²) >= 11 is 0. The highest BCUT2D eigenvalue weighted by atomic mass is 16.6. The van der Waals surface area contributed by atoms with E-state index in [1.54, 1.807) is 20.8 Å². The maximum Gasteiger partial charge on any atom is 0.408 e. The van der Waals surface area contributed by atoms with Gasteiger partial charge in [-0.2, -0.15) is 0 Å². The van der Waals surface area contributed by atoms with Crippen LogP contribution < -0.4 is 11.1 Å². The largest absolute Gasteiger partial charge is 0.480 e. The van der Waals surface area contributed by atoms with Crippen LogP contribution in [0.3, 0.4) is 0 Å². The van der Waals surface area contributed by atoms with E-state index in [0.29, 0.717) is 18.8 Å². The molecular weight excluding hydrogens is 344 g/mol. The number of ether oxygens (including phenoxy) is 1. The fourth-order valence-electron chi connectivity index (χ4n) is 1.75. The molecule has 0 aromatic rings. The second-order valence-electron chi connectivity index (χ2n) is 7.74. The average Bonchev–Trinajstić information content (AvgIpc) is 2.34. The van der Waals surface area contributed by atoms with Gasteiger partial charge in [0.05, 0.1) is 0 Å². The molecule has 9 nitrogen and oxygen atoms in total. The molecule has 0 fully saturated rings. The minimum Gasteiger partial charge on any atom is -0.480 e. The van der Waals surface area contributed by atoms with Crippen molar-refractivity contribution in [1.82, 2.24) is 5.32 Å². The van der Waals surface area contributed by atoms with Crippen LogP contribution in [-0.4, -0.2) is 51.4 Å². The van der Waals surface area contributed by atoms with Crippen LogP contribution >= 0.6 is 0 Å². The highest BCUT2D eigenvalue weighted by molar-refractivity contribution is 5.80. The summed E-state index contributed by atoms with van der Waals surface area (Å²) in [5.41, 5.74) is 4.60. The van der Waals surface area contributed by atoms with Crippen molar-refractivity contribution in [2.24, 2.45) is 17.6 Å². The van der Waals surface area contributed by atoms with Crippen molar-refractivity contribution in [3.63, 3.8) is 0 Å². The topological polar surface area (TPSA) is 170 Å². The number of carboxylic acid groups (broad SMARTS) is 2. The molecule has 0 aromatic carbocycles. The molecule has 0 aliphatic rings. The first-order valence-corrected chi connectivity index (χ1v) is 8.36. The number of aliphatic carboxylic acids is 2. The lowest BCUT2D eigenvalue weighted by Gasteiger charge is -2.22. The lowest BCUT2D eigenvalue weighted by molar-refractivity contribution is -0.140. The summed E-state index contributed by atoms with van der Waals surface area (Å²) in [6.45, 7) is 12.9. The molecule has 26 heavy (non-hydrogen) atoms. The monoisotopic (exact) mass is 380 g/mol. The van der Waals surface area contributed by atoms with Crippen molar-refractivity contribution in [3.05, 3.63) is 0 Å². The van der Waals surface area contributed by atoms with Crippen molar-refractivity contribution in [3.8, 4) is 0 Å². The summed E-state index contributed by atoms with van der Waals surface area (Å²) in [7, 11) is 0. The molecule has 0 aliphatic heterocycles. The maximum atomic E-state index is 11.4. The molecule has 7 N–H and O–H groups in total. The van der Waals surface area contributed by atoms with Gasteiger partial charge in [-0.1, -0.05) is 27.7 Å². The van der Waals surface area contributed by atoms with Gasteiger partial charge in [-0.05, 0) is 45.4 Å². The quantitative estimate of drug-likeness (QED) is 0.519. The van der Waals surface area contributed by atoms with Gasteiger partial charge in [-0.15, -0.1) is 0 Å². The van der Waals surface area contributed by atoms with E-state index in [4.69, 9.17) is 20.7 Å². The van der Waals surface area contributed by atoms with Gasteiger partial charge < -0.3 is 31.5 Å². The number of hydrogen-bond acceptors (Lipinski definition) is 5. The Labute approximate surface area is 155 Å². The second-order valence-corrected chi connectivity index (χ2v) is 7.74. The molecule has 0 bridgehead atoms. The molecule has 0 unspecified atom stereocenters. The van der Waals surface area contributed by atoms with E-state index in [0.717, 1.165) is 0 Å². The smallest absolute Gasteiger partial charge is 0.408 e. The summed E-state index contributed by atoms with van der Waals surface area (Å²) in [6.07, 6.45) is 0.240. The summed E-state index contributed by atoms with van der Waals surface area (Å²) in [4.78, 5) is 32.3. The fraction of sp³-hybridized carbons (Fsp3) is 0.824. The van der Waals surface area contributed by atoms with Gasteiger partial charge >= 0.3 is 18.0 Å². The van der Waals surface area contributed by atoms with Gasteiger partial charge in [0.2, 0.25) is 0 Å². The summed E-state index contributed by atoms with van der Waals surface area (Å²) in [5, 5.41) is 19.5. The van der Waals surface area contributed by atoms with Gasteiger partial charge in [-0.25, -0.2) is 9.59 Å². The summed E-state index contributed by atoms with van der Waals surface area (Å²) < 4.78 is 4.99. The third-order valence-electron chi connectivity index (χ3n) is 2.74. The van der Waals surface area contributed by atoms with Gasteiger partial charge in [0, 0.05) is 0 Å². The number of hydrogen-bond donors (Lipinski definition) is 4. The Bertz CT molecular complexity index is 431. The zero-order valence-corrected chi connectivity index (χ0v) is 16.8. The van der Waals surface area contributed by atoms with Crippen LogP contribution in [0.15, 0.2) is 0 Å². The fourth-order valence-corrected chi connectivity index (χ4v) is 1.75. The van der Waals surface area contributed by atoms with Crippen molar-refractivity contribution in [2.45, 2.75) is 79.0 Å². The van der Waals surface area contributed by atoms with Gasteiger partial charge in [0.15, 0.2) is 0 Å². The molecule has 2 atom stereocenters. The number of carbonyl (C=O) groups excluding carboxylic acids is 1. The molecule has 0 saturated carbocycles. The molecule has 1 amide bonds. The minimum atomic E-state index is -1.04. The van der Waals surface area contributed by atoms with E-state index < -0.39 is 35.7 Å². The zero-order valence-electron chi connectivity index (χ0n) is 16.8. The van der Waals surface area contributed by atoms with Crippen molar-refractivity contribution >= 4 is 18.0 Å². The predicted molar refractivity (Wildman–Crippen MR) is 98.9 cm³/mol. The lowest BCUT2D eigenvalue weighted by Crippen LogP contribution is -2.44. The third-order valence-corrected chi connectivity index (χ3v) is 2.74. The van der Waals surface area contributed by atoms with Gasteiger partial charge in [0.1, 0.15) is 17.7 Å². The molecule has 0 aromatic heterocycles. The van der Waals surface area contributed by atoms with E-state index in [2.05, 4.69) is 5.32 Å². The number of nitrogens with one attached hydrogen (secondary N) is 1. The zero-order chi connectivity index (χ0) is 20.4. The first-order valence-electron chi connectivity index (χ1n) is 8.36. The summed E-state index contributed by atoms with van der Waals surface area (Å²) in [5.74, 6) is -1.41. The van der Waals surface area contributed by atoms with Crippen molar-refractivity contribution < 1.29 is 34.8 Å². The van der Waals surface area contributed by atoms with Crippen LogP contribution in [0.2, 0.25) is 0 Å². The third kappa shape index (κ3) is 18.5. The Morgan fingerprint density at radius 1 is 0.962 bits per heavy atom. The number of carbonyl (C=O) groups is 3. The van der Waals surface area contributed by atoms with Crippen LogP contribution in [-0.2, 0) is 14.3 Å². The molecule has 0 radical (unpaired) electrons. The Balaban J connectivity index is -0.000000453.